The molecule has 0 radical (unpaired) electrons. The van der Waals surface area contributed by atoms with Crippen molar-refractivity contribution in [3.05, 3.63) is 24.4 Å². The van der Waals surface area contributed by atoms with Gasteiger partial charge in [0.25, 0.3) is 0 Å². The first-order valence-corrected chi connectivity index (χ1v) is 10.6. The maximum atomic E-state index is 10.4. The van der Waals surface area contributed by atoms with Crippen LogP contribution < -0.4 is 0 Å². The van der Waals surface area contributed by atoms with E-state index in [9.17, 15) is 4.79 Å². The van der Waals surface area contributed by atoms with Crippen LogP contribution in [0.4, 0.5) is 0 Å². The molecule has 144 valence electrons. The van der Waals surface area contributed by atoms with Crippen molar-refractivity contribution in [3.8, 4) is 0 Å². The Kier molecular flexibility index (Phi) is 14.1. The zero-order chi connectivity index (χ0) is 18.0. The summed E-state index contributed by atoms with van der Waals surface area (Å²) < 4.78 is 0. The number of rotatable bonds is 17. The fourth-order valence-corrected chi connectivity index (χ4v) is 3.31. The average molecular weight is 350 g/mol. The largest absolute Gasteiger partial charge is 0.481 e. The molecule has 25 heavy (non-hydrogen) atoms. The molecule has 3 heteroatoms. The van der Waals surface area contributed by atoms with E-state index in [-0.39, 0.29) is 0 Å². The number of carboxylic acids is 1. The highest BCUT2D eigenvalue weighted by Crippen LogP contribution is 2.11. The Hall–Kier alpha value is -1.25. The van der Waals surface area contributed by atoms with Crippen molar-refractivity contribution >= 4 is 5.97 Å². The van der Waals surface area contributed by atoms with Crippen molar-refractivity contribution in [2.24, 2.45) is 0 Å². The second kappa shape index (κ2) is 16.2. The SMILES string of the molecule is O=C(O)CCCCCCC/C=C\CCCCCCCCN1C=CCC1. The molecule has 0 bridgehead atoms. The predicted molar refractivity (Wildman–Crippen MR) is 107 cm³/mol. The minimum atomic E-state index is -0.664. The molecule has 1 heterocycles. The number of hydrogen-bond acceptors (Lipinski definition) is 2. The van der Waals surface area contributed by atoms with E-state index in [1.165, 1.54) is 90.1 Å². The summed E-state index contributed by atoms with van der Waals surface area (Å²) in [5.74, 6) is -0.664. The first-order valence-electron chi connectivity index (χ1n) is 10.6. The lowest BCUT2D eigenvalue weighted by molar-refractivity contribution is -0.137. The molecule has 0 saturated heterocycles. The zero-order valence-corrected chi connectivity index (χ0v) is 16.1. The van der Waals surface area contributed by atoms with Gasteiger partial charge < -0.3 is 10.0 Å². The van der Waals surface area contributed by atoms with E-state index < -0.39 is 5.97 Å². The number of carboxylic acid groups (broad SMARTS) is 1. The van der Waals surface area contributed by atoms with Crippen molar-refractivity contribution in [1.29, 1.82) is 0 Å². The van der Waals surface area contributed by atoms with E-state index in [2.05, 4.69) is 29.3 Å². The number of carbonyl (C=O) groups is 1. The molecule has 3 nitrogen and oxygen atoms in total. The minimum Gasteiger partial charge on any atom is -0.481 e. The van der Waals surface area contributed by atoms with E-state index in [1.807, 2.05) is 0 Å². The molecule has 0 aliphatic carbocycles. The summed E-state index contributed by atoms with van der Waals surface area (Å²) in [6, 6.07) is 0. The number of allylic oxidation sites excluding steroid dienone is 2. The van der Waals surface area contributed by atoms with Crippen molar-refractivity contribution in [1.82, 2.24) is 4.90 Å². The molecule has 0 fully saturated rings. The van der Waals surface area contributed by atoms with Gasteiger partial charge in [0.05, 0.1) is 0 Å². The van der Waals surface area contributed by atoms with Crippen LogP contribution in [0.3, 0.4) is 0 Å². The zero-order valence-electron chi connectivity index (χ0n) is 16.1. The third-order valence-electron chi connectivity index (χ3n) is 4.89. The van der Waals surface area contributed by atoms with Gasteiger partial charge in [0.15, 0.2) is 0 Å². The highest BCUT2D eigenvalue weighted by Gasteiger charge is 2.02. The molecule has 0 amide bonds. The fourth-order valence-electron chi connectivity index (χ4n) is 3.31. The van der Waals surface area contributed by atoms with Crippen LogP contribution in [-0.4, -0.2) is 29.1 Å². The Balaban J connectivity index is 1.71. The number of nitrogens with zero attached hydrogens (tertiary/aromatic N) is 1. The van der Waals surface area contributed by atoms with Crippen LogP contribution in [0.25, 0.3) is 0 Å². The van der Waals surface area contributed by atoms with Gasteiger partial charge in [-0.05, 0) is 51.1 Å². The lowest BCUT2D eigenvalue weighted by Gasteiger charge is -2.14. The molecule has 0 aromatic heterocycles. The van der Waals surface area contributed by atoms with Crippen molar-refractivity contribution in [2.45, 2.75) is 96.3 Å². The summed E-state index contributed by atoms with van der Waals surface area (Å²) in [4.78, 5) is 12.8. The van der Waals surface area contributed by atoms with Crippen LogP contribution in [0.1, 0.15) is 96.3 Å². The van der Waals surface area contributed by atoms with Gasteiger partial charge in [0.1, 0.15) is 0 Å². The molecule has 0 unspecified atom stereocenters. The first-order chi connectivity index (χ1) is 12.3. The first kappa shape index (κ1) is 21.8. The van der Waals surface area contributed by atoms with Crippen LogP contribution in [-0.2, 0) is 4.79 Å². The van der Waals surface area contributed by atoms with Gasteiger partial charge in [-0.1, -0.05) is 63.2 Å². The van der Waals surface area contributed by atoms with Gasteiger partial charge in [0, 0.05) is 19.5 Å². The topological polar surface area (TPSA) is 40.5 Å². The molecule has 1 rings (SSSR count). The number of hydrogen-bond donors (Lipinski definition) is 1. The minimum absolute atomic E-state index is 0.329. The summed E-state index contributed by atoms with van der Waals surface area (Å²) in [5, 5.41) is 8.56. The van der Waals surface area contributed by atoms with Gasteiger partial charge in [-0.15, -0.1) is 0 Å². The second-order valence-electron chi connectivity index (χ2n) is 7.29. The van der Waals surface area contributed by atoms with Crippen LogP contribution in [0, 0.1) is 0 Å². The Bertz CT molecular complexity index is 376. The van der Waals surface area contributed by atoms with Gasteiger partial charge in [-0.2, -0.15) is 0 Å². The summed E-state index contributed by atoms with van der Waals surface area (Å²) in [6.45, 7) is 2.48. The molecule has 1 aliphatic heterocycles. The van der Waals surface area contributed by atoms with Crippen LogP contribution in [0.5, 0.6) is 0 Å². The van der Waals surface area contributed by atoms with E-state index in [1.54, 1.807) is 0 Å². The molecular formula is C22H39NO2. The number of aliphatic carboxylic acids is 1. The third-order valence-corrected chi connectivity index (χ3v) is 4.89. The van der Waals surface area contributed by atoms with E-state index in [4.69, 9.17) is 5.11 Å². The Morgan fingerprint density at radius 2 is 1.40 bits per heavy atom. The molecule has 1 aliphatic rings. The van der Waals surface area contributed by atoms with Crippen molar-refractivity contribution in [2.75, 3.05) is 13.1 Å². The highest BCUT2D eigenvalue weighted by atomic mass is 16.4. The van der Waals surface area contributed by atoms with Crippen molar-refractivity contribution in [3.63, 3.8) is 0 Å². The molecule has 0 aromatic rings. The van der Waals surface area contributed by atoms with Gasteiger partial charge >= 0.3 is 5.97 Å². The smallest absolute Gasteiger partial charge is 0.303 e. The maximum Gasteiger partial charge on any atom is 0.303 e. The van der Waals surface area contributed by atoms with Gasteiger partial charge in [-0.3, -0.25) is 4.79 Å². The quantitative estimate of drug-likeness (QED) is 0.247. The standard InChI is InChI=1S/C22H39NO2/c24-22(25)18-14-12-10-8-6-4-2-1-3-5-7-9-11-13-15-19-23-20-16-17-21-23/h1-2,16,20H,3-15,17-19,21H2,(H,24,25)/b2-1-. The third kappa shape index (κ3) is 14.8. The molecule has 0 saturated carbocycles. The van der Waals surface area contributed by atoms with Crippen LogP contribution >= 0.6 is 0 Å². The Morgan fingerprint density at radius 3 is 1.96 bits per heavy atom. The molecule has 0 spiro atoms. The maximum absolute atomic E-state index is 10.4. The van der Waals surface area contributed by atoms with Crippen LogP contribution in [0.2, 0.25) is 0 Å². The van der Waals surface area contributed by atoms with Crippen LogP contribution in [0.15, 0.2) is 24.4 Å². The Labute approximate surface area is 155 Å². The lowest BCUT2D eigenvalue weighted by Crippen LogP contribution is -2.15. The highest BCUT2D eigenvalue weighted by molar-refractivity contribution is 5.66. The molecule has 1 N–H and O–H groups in total. The summed E-state index contributed by atoms with van der Waals surface area (Å²) in [6.07, 6.45) is 27.0. The Morgan fingerprint density at radius 1 is 0.840 bits per heavy atom. The summed E-state index contributed by atoms with van der Waals surface area (Å²) >= 11 is 0. The normalized spacial score (nSPS) is 14.0. The van der Waals surface area contributed by atoms with E-state index in [0.717, 1.165) is 12.8 Å². The second-order valence-corrected chi connectivity index (χ2v) is 7.29. The molecule has 0 atom stereocenters. The van der Waals surface area contributed by atoms with E-state index in [0.29, 0.717) is 6.42 Å². The monoisotopic (exact) mass is 349 g/mol. The van der Waals surface area contributed by atoms with Gasteiger partial charge in [-0.25, -0.2) is 0 Å². The number of unbranched alkanes of at least 4 members (excludes halogenated alkanes) is 11. The summed E-state index contributed by atoms with van der Waals surface area (Å²) in [5.41, 5.74) is 0. The predicted octanol–water partition coefficient (Wildman–Crippen LogP) is 6.31. The fraction of sp³-hybridized carbons (Fsp3) is 0.773. The average Bonchev–Trinajstić information content (AvgIpc) is 3.11. The lowest BCUT2D eigenvalue weighted by atomic mass is 10.1. The summed E-state index contributed by atoms with van der Waals surface area (Å²) in [7, 11) is 0. The van der Waals surface area contributed by atoms with E-state index >= 15 is 0 Å². The van der Waals surface area contributed by atoms with Crippen molar-refractivity contribution < 1.29 is 9.90 Å². The molecular weight excluding hydrogens is 310 g/mol. The van der Waals surface area contributed by atoms with Gasteiger partial charge in [0.2, 0.25) is 0 Å². The molecule has 0 aromatic carbocycles.